The summed E-state index contributed by atoms with van der Waals surface area (Å²) in [6, 6.07) is 19.9. The molecule has 1 aliphatic heterocycles. The molecule has 3 rings (SSSR count). The lowest BCUT2D eigenvalue weighted by atomic mass is 10.1. The van der Waals surface area contributed by atoms with Crippen molar-refractivity contribution in [3.8, 4) is 11.1 Å². The Morgan fingerprint density at radius 2 is 1.63 bits per heavy atom. The second-order valence-electron chi connectivity index (χ2n) is 5.16. The van der Waals surface area contributed by atoms with Gasteiger partial charge in [-0.25, -0.2) is 0 Å². The second-order valence-corrected chi connectivity index (χ2v) is 6.64. The van der Waals surface area contributed by atoms with Crippen molar-refractivity contribution in [1.82, 2.24) is 0 Å². The van der Waals surface area contributed by atoms with Gasteiger partial charge in [0, 0.05) is 22.7 Å². The topological polar surface area (TPSA) is 12.0 Å². The van der Waals surface area contributed by atoms with Crippen molar-refractivity contribution >= 4 is 17.4 Å². The van der Waals surface area contributed by atoms with Crippen molar-refractivity contribution in [2.24, 2.45) is 0 Å². The molecule has 1 saturated heterocycles. The van der Waals surface area contributed by atoms with Gasteiger partial charge in [-0.05, 0) is 29.7 Å². The summed E-state index contributed by atoms with van der Waals surface area (Å²) in [6.45, 7) is 2.31. The first-order valence-electron chi connectivity index (χ1n) is 6.85. The van der Waals surface area contributed by atoms with Crippen LogP contribution in [0.3, 0.4) is 0 Å². The van der Waals surface area contributed by atoms with E-state index in [1.807, 2.05) is 0 Å². The lowest BCUT2D eigenvalue weighted by molar-refractivity contribution is 0.747. The molecule has 1 aliphatic rings. The molecule has 2 atom stereocenters. The van der Waals surface area contributed by atoms with E-state index >= 15 is 0 Å². The normalized spacial score (nSPS) is 22.4. The van der Waals surface area contributed by atoms with E-state index in [0.717, 1.165) is 5.25 Å². The minimum Gasteiger partial charge on any atom is -0.381 e. The largest absolute Gasteiger partial charge is 0.381 e. The van der Waals surface area contributed by atoms with Crippen molar-refractivity contribution < 1.29 is 0 Å². The minimum atomic E-state index is 0.627. The van der Waals surface area contributed by atoms with Gasteiger partial charge in [0.1, 0.15) is 0 Å². The Bertz CT molecular complexity index is 521. The number of hydrogen-bond donors (Lipinski definition) is 1. The van der Waals surface area contributed by atoms with Crippen LogP contribution in [0, 0.1) is 0 Å². The maximum absolute atomic E-state index is 3.63. The zero-order valence-corrected chi connectivity index (χ0v) is 12.0. The smallest absolute Gasteiger partial charge is 0.0362 e. The Kier molecular flexibility index (Phi) is 3.79. The lowest BCUT2D eigenvalue weighted by Gasteiger charge is -2.13. The average molecular weight is 269 g/mol. The SMILES string of the molecule is CC1CC(Nc2ccc(-c3ccccc3)cc2)CS1. The van der Waals surface area contributed by atoms with Crippen LogP contribution in [0.25, 0.3) is 11.1 Å². The highest BCUT2D eigenvalue weighted by Gasteiger charge is 2.21. The van der Waals surface area contributed by atoms with Gasteiger partial charge in [0.05, 0.1) is 0 Å². The maximum Gasteiger partial charge on any atom is 0.0362 e. The van der Waals surface area contributed by atoms with Gasteiger partial charge < -0.3 is 5.32 Å². The number of benzene rings is 2. The molecule has 1 heterocycles. The third-order valence-corrected chi connectivity index (χ3v) is 4.92. The molecule has 0 saturated carbocycles. The molecular formula is C17H19NS. The molecule has 19 heavy (non-hydrogen) atoms. The first-order chi connectivity index (χ1) is 9.31. The molecule has 0 aliphatic carbocycles. The highest BCUT2D eigenvalue weighted by Crippen LogP contribution is 2.29. The van der Waals surface area contributed by atoms with Gasteiger partial charge in [-0.1, -0.05) is 49.4 Å². The van der Waals surface area contributed by atoms with Crippen molar-refractivity contribution in [3.63, 3.8) is 0 Å². The lowest BCUT2D eigenvalue weighted by Crippen LogP contribution is -2.18. The highest BCUT2D eigenvalue weighted by molar-refractivity contribution is 8.00. The number of nitrogens with one attached hydrogen (secondary N) is 1. The first kappa shape index (κ1) is 12.6. The van der Waals surface area contributed by atoms with E-state index in [9.17, 15) is 0 Å². The molecule has 2 aromatic rings. The van der Waals surface area contributed by atoms with Gasteiger partial charge >= 0.3 is 0 Å². The van der Waals surface area contributed by atoms with Crippen LogP contribution in [0.2, 0.25) is 0 Å². The molecule has 1 fully saturated rings. The quantitative estimate of drug-likeness (QED) is 0.869. The number of rotatable bonds is 3. The van der Waals surface area contributed by atoms with Crippen LogP contribution >= 0.6 is 11.8 Å². The fourth-order valence-electron chi connectivity index (χ4n) is 2.54. The zero-order chi connectivity index (χ0) is 13.1. The van der Waals surface area contributed by atoms with Gasteiger partial charge in [0.2, 0.25) is 0 Å². The van der Waals surface area contributed by atoms with E-state index < -0.39 is 0 Å². The predicted molar refractivity (Wildman–Crippen MR) is 85.8 cm³/mol. The van der Waals surface area contributed by atoms with Crippen LogP contribution < -0.4 is 5.32 Å². The maximum atomic E-state index is 3.63. The Morgan fingerprint density at radius 1 is 0.947 bits per heavy atom. The molecule has 0 amide bonds. The van der Waals surface area contributed by atoms with E-state index in [1.165, 1.54) is 29.0 Å². The van der Waals surface area contributed by atoms with Crippen LogP contribution in [0.4, 0.5) is 5.69 Å². The Labute approximate surface area is 119 Å². The summed E-state index contributed by atoms with van der Waals surface area (Å²) in [7, 11) is 0. The van der Waals surface area contributed by atoms with E-state index in [1.54, 1.807) is 0 Å². The van der Waals surface area contributed by atoms with Crippen molar-refractivity contribution in [3.05, 3.63) is 54.6 Å². The fourth-order valence-corrected chi connectivity index (χ4v) is 3.69. The summed E-state index contributed by atoms with van der Waals surface area (Å²) in [5.74, 6) is 1.22. The summed E-state index contributed by atoms with van der Waals surface area (Å²) >= 11 is 2.06. The third-order valence-electron chi connectivity index (χ3n) is 3.56. The van der Waals surface area contributed by atoms with E-state index in [-0.39, 0.29) is 0 Å². The fraction of sp³-hybridized carbons (Fsp3) is 0.294. The first-order valence-corrected chi connectivity index (χ1v) is 7.90. The number of thioether (sulfide) groups is 1. The molecule has 2 aromatic carbocycles. The van der Waals surface area contributed by atoms with Crippen molar-refractivity contribution in [2.75, 3.05) is 11.1 Å². The molecular weight excluding hydrogens is 250 g/mol. The van der Waals surface area contributed by atoms with E-state index in [4.69, 9.17) is 0 Å². The summed E-state index contributed by atoms with van der Waals surface area (Å²) in [5.41, 5.74) is 3.79. The van der Waals surface area contributed by atoms with Gasteiger partial charge in [-0.2, -0.15) is 11.8 Å². The summed E-state index contributed by atoms with van der Waals surface area (Å²) in [5, 5.41) is 4.42. The molecule has 0 spiro atoms. The van der Waals surface area contributed by atoms with E-state index in [2.05, 4.69) is 78.6 Å². The van der Waals surface area contributed by atoms with Crippen molar-refractivity contribution in [2.45, 2.75) is 24.6 Å². The molecule has 0 radical (unpaired) electrons. The summed E-state index contributed by atoms with van der Waals surface area (Å²) in [4.78, 5) is 0. The van der Waals surface area contributed by atoms with Crippen LogP contribution in [0.5, 0.6) is 0 Å². The standard InChI is InChI=1S/C17H19NS/c1-13-11-17(12-19-13)18-16-9-7-15(8-10-16)14-5-3-2-4-6-14/h2-10,13,17-18H,11-12H2,1H3. The van der Waals surface area contributed by atoms with Crippen LogP contribution in [-0.4, -0.2) is 17.0 Å². The monoisotopic (exact) mass is 269 g/mol. The van der Waals surface area contributed by atoms with Gasteiger partial charge in [-0.15, -0.1) is 0 Å². The summed E-state index contributed by atoms with van der Waals surface area (Å²) < 4.78 is 0. The Balaban J connectivity index is 1.69. The molecule has 2 unspecified atom stereocenters. The Morgan fingerprint density at radius 3 is 2.26 bits per heavy atom. The number of anilines is 1. The van der Waals surface area contributed by atoms with Gasteiger partial charge in [0.25, 0.3) is 0 Å². The van der Waals surface area contributed by atoms with Crippen LogP contribution in [-0.2, 0) is 0 Å². The van der Waals surface area contributed by atoms with Crippen LogP contribution in [0.15, 0.2) is 54.6 Å². The minimum absolute atomic E-state index is 0.627. The second kappa shape index (κ2) is 5.70. The highest BCUT2D eigenvalue weighted by atomic mass is 32.2. The molecule has 0 bridgehead atoms. The molecule has 2 heteroatoms. The van der Waals surface area contributed by atoms with Gasteiger partial charge in [0.15, 0.2) is 0 Å². The van der Waals surface area contributed by atoms with Crippen molar-refractivity contribution in [1.29, 1.82) is 0 Å². The number of hydrogen-bond acceptors (Lipinski definition) is 2. The zero-order valence-electron chi connectivity index (χ0n) is 11.2. The van der Waals surface area contributed by atoms with Crippen LogP contribution in [0.1, 0.15) is 13.3 Å². The van der Waals surface area contributed by atoms with Gasteiger partial charge in [-0.3, -0.25) is 0 Å². The molecule has 1 nitrogen and oxygen atoms in total. The predicted octanol–water partition coefficient (Wildman–Crippen LogP) is 4.66. The molecule has 1 N–H and O–H groups in total. The summed E-state index contributed by atoms with van der Waals surface area (Å²) in [6.07, 6.45) is 1.27. The third kappa shape index (κ3) is 3.13. The molecule has 98 valence electrons. The Hall–Kier alpha value is -1.41. The average Bonchev–Trinajstić information content (AvgIpc) is 2.86. The molecule has 0 aromatic heterocycles. The van der Waals surface area contributed by atoms with E-state index in [0.29, 0.717) is 6.04 Å².